The number of pyridine rings is 1. The van der Waals surface area contributed by atoms with Gasteiger partial charge in [0.1, 0.15) is 11.2 Å². The van der Waals surface area contributed by atoms with Crippen LogP contribution in [-0.4, -0.2) is 45.0 Å². The highest BCUT2D eigenvalue weighted by molar-refractivity contribution is 5.94. The number of hydrogen-bond acceptors (Lipinski definition) is 4. The van der Waals surface area contributed by atoms with Gasteiger partial charge in [0.15, 0.2) is 0 Å². The lowest BCUT2D eigenvalue weighted by Gasteiger charge is -2.24. The van der Waals surface area contributed by atoms with Crippen molar-refractivity contribution < 1.29 is 14.3 Å². The Hall–Kier alpha value is -3.35. The zero-order valence-electron chi connectivity index (χ0n) is 18.2. The summed E-state index contributed by atoms with van der Waals surface area (Å²) in [6, 6.07) is 11.6. The summed E-state index contributed by atoms with van der Waals surface area (Å²) in [7, 11) is 0. The third-order valence-corrected chi connectivity index (χ3v) is 5.40. The fourth-order valence-electron chi connectivity index (χ4n) is 3.78. The van der Waals surface area contributed by atoms with E-state index in [0.29, 0.717) is 25.2 Å². The first-order chi connectivity index (χ1) is 14.8. The van der Waals surface area contributed by atoms with Crippen LogP contribution in [0.2, 0.25) is 0 Å². The molecule has 0 bridgehead atoms. The van der Waals surface area contributed by atoms with Gasteiger partial charge in [0.25, 0.3) is 5.91 Å². The minimum absolute atomic E-state index is 0.114. The molecule has 7 heteroatoms. The molecule has 1 atom stereocenters. The largest absolute Gasteiger partial charge is 0.444 e. The smallest absolute Gasteiger partial charge is 0.410 e. The number of nitrogens with one attached hydrogen (secondary N) is 1. The van der Waals surface area contributed by atoms with Gasteiger partial charge in [-0.3, -0.25) is 4.79 Å². The molecule has 0 aliphatic carbocycles. The highest BCUT2D eigenvalue weighted by Gasteiger charge is 2.30. The van der Waals surface area contributed by atoms with Crippen LogP contribution < -0.4 is 5.32 Å². The summed E-state index contributed by atoms with van der Waals surface area (Å²) in [5.74, 6) is 0.141. The molecule has 3 heterocycles. The van der Waals surface area contributed by atoms with Crippen LogP contribution in [0.5, 0.6) is 0 Å². The number of carbonyl (C=O) groups is 2. The van der Waals surface area contributed by atoms with E-state index < -0.39 is 5.60 Å². The Balaban J connectivity index is 1.32. The number of ether oxygens (including phenoxy) is 1. The lowest BCUT2D eigenvalue weighted by molar-refractivity contribution is 0.0292. The second kappa shape index (κ2) is 8.41. The van der Waals surface area contributed by atoms with E-state index in [0.717, 1.165) is 23.2 Å². The van der Waals surface area contributed by atoms with Crippen LogP contribution in [0, 0.1) is 0 Å². The van der Waals surface area contributed by atoms with Gasteiger partial charge in [-0.2, -0.15) is 0 Å². The molecule has 4 rings (SSSR count). The van der Waals surface area contributed by atoms with E-state index in [2.05, 4.69) is 10.3 Å². The summed E-state index contributed by atoms with van der Waals surface area (Å²) in [5.41, 5.74) is 3.11. The van der Waals surface area contributed by atoms with Gasteiger partial charge in [0.05, 0.1) is 0 Å². The van der Waals surface area contributed by atoms with Crippen molar-refractivity contribution in [3.05, 3.63) is 71.7 Å². The fourth-order valence-corrected chi connectivity index (χ4v) is 3.78. The minimum Gasteiger partial charge on any atom is -0.444 e. The van der Waals surface area contributed by atoms with Gasteiger partial charge in [-0.25, -0.2) is 9.78 Å². The molecular formula is C24H28N4O3. The average molecular weight is 421 g/mol. The Bertz CT molecular complexity index is 1080. The number of carbonyl (C=O) groups excluding carboxylic acids is 2. The van der Waals surface area contributed by atoms with E-state index in [9.17, 15) is 9.59 Å². The van der Waals surface area contributed by atoms with E-state index in [1.54, 1.807) is 11.1 Å². The molecule has 31 heavy (non-hydrogen) atoms. The number of likely N-dealkylation sites (tertiary alicyclic amines) is 1. The summed E-state index contributed by atoms with van der Waals surface area (Å²) in [6.45, 7) is 7.38. The quantitative estimate of drug-likeness (QED) is 0.693. The summed E-state index contributed by atoms with van der Waals surface area (Å²) in [4.78, 5) is 30.8. The topological polar surface area (TPSA) is 75.9 Å². The maximum Gasteiger partial charge on any atom is 0.410 e. The number of aromatic nitrogens is 2. The maximum atomic E-state index is 12.5. The first kappa shape index (κ1) is 20.9. The zero-order valence-corrected chi connectivity index (χ0v) is 18.2. The predicted molar refractivity (Wildman–Crippen MR) is 118 cm³/mol. The van der Waals surface area contributed by atoms with E-state index in [-0.39, 0.29) is 17.9 Å². The van der Waals surface area contributed by atoms with E-state index in [1.807, 2.05) is 74.0 Å². The van der Waals surface area contributed by atoms with Crippen LogP contribution in [0.3, 0.4) is 0 Å². The number of amides is 2. The molecule has 0 saturated carbocycles. The number of nitrogens with zero attached hydrogens (tertiary/aromatic N) is 3. The van der Waals surface area contributed by atoms with E-state index in [4.69, 9.17) is 4.74 Å². The molecule has 1 unspecified atom stereocenters. The van der Waals surface area contributed by atoms with Crippen molar-refractivity contribution in [1.82, 2.24) is 19.6 Å². The number of imidazole rings is 1. The third-order valence-electron chi connectivity index (χ3n) is 5.40. The second-order valence-electron chi connectivity index (χ2n) is 8.94. The molecule has 1 aromatic carbocycles. The lowest BCUT2D eigenvalue weighted by atomic mass is 9.97. The molecule has 0 spiro atoms. The standard InChI is InChI=1S/C24H28N4O3/c1-24(2,3)31-23(30)28-12-9-20(16-28)18-4-6-19(7-5-18)22(29)26-15-17-8-11-27-13-10-25-21(27)14-17/h4-8,10-11,13-14,20H,9,12,15-16H2,1-3H3,(H,26,29). The summed E-state index contributed by atoms with van der Waals surface area (Å²) < 4.78 is 7.40. The van der Waals surface area contributed by atoms with Crippen molar-refractivity contribution in [3.8, 4) is 0 Å². The Labute approximate surface area is 182 Å². The summed E-state index contributed by atoms with van der Waals surface area (Å²) in [6.07, 6.45) is 6.19. The molecule has 1 N–H and O–H groups in total. The zero-order chi connectivity index (χ0) is 22.0. The molecule has 1 aliphatic heterocycles. The number of rotatable bonds is 4. The molecular weight excluding hydrogens is 392 g/mol. The number of benzene rings is 1. The van der Waals surface area contributed by atoms with Crippen molar-refractivity contribution in [1.29, 1.82) is 0 Å². The minimum atomic E-state index is -0.492. The molecule has 3 aromatic rings. The van der Waals surface area contributed by atoms with Gasteiger partial charge in [-0.1, -0.05) is 12.1 Å². The molecule has 1 saturated heterocycles. The number of hydrogen-bond donors (Lipinski definition) is 1. The first-order valence-corrected chi connectivity index (χ1v) is 10.6. The van der Waals surface area contributed by atoms with Crippen LogP contribution in [0.25, 0.3) is 5.65 Å². The fraction of sp³-hybridized carbons (Fsp3) is 0.375. The van der Waals surface area contributed by atoms with Gasteiger partial charge in [-0.05, 0) is 62.6 Å². The van der Waals surface area contributed by atoms with Crippen molar-refractivity contribution in [2.75, 3.05) is 13.1 Å². The Morgan fingerprint density at radius 1 is 1.16 bits per heavy atom. The number of fused-ring (bicyclic) bond motifs is 1. The Kier molecular flexibility index (Phi) is 5.67. The van der Waals surface area contributed by atoms with Crippen LogP contribution >= 0.6 is 0 Å². The SMILES string of the molecule is CC(C)(C)OC(=O)N1CCC(c2ccc(C(=O)NCc3ccn4ccnc4c3)cc2)C1. The normalized spacial score (nSPS) is 16.5. The predicted octanol–water partition coefficient (Wildman–Crippen LogP) is 3.99. The highest BCUT2D eigenvalue weighted by Crippen LogP contribution is 2.28. The highest BCUT2D eigenvalue weighted by atomic mass is 16.6. The van der Waals surface area contributed by atoms with E-state index >= 15 is 0 Å². The van der Waals surface area contributed by atoms with Crippen LogP contribution in [0.1, 0.15) is 54.6 Å². The Morgan fingerprint density at radius 2 is 1.94 bits per heavy atom. The van der Waals surface area contributed by atoms with Gasteiger partial charge in [0.2, 0.25) is 0 Å². The van der Waals surface area contributed by atoms with Crippen molar-refractivity contribution in [3.63, 3.8) is 0 Å². The van der Waals surface area contributed by atoms with Gasteiger partial charge in [-0.15, -0.1) is 0 Å². The van der Waals surface area contributed by atoms with Gasteiger partial charge in [0, 0.05) is 49.7 Å². The molecule has 2 aromatic heterocycles. The van der Waals surface area contributed by atoms with Crippen LogP contribution in [-0.2, 0) is 11.3 Å². The average Bonchev–Trinajstić information content (AvgIpc) is 3.40. The maximum absolute atomic E-state index is 12.5. The first-order valence-electron chi connectivity index (χ1n) is 10.6. The summed E-state index contributed by atoms with van der Waals surface area (Å²) in [5, 5.41) is 2.96. The third kappa shape index (κ3) is 5.05. The molecule has 1 fully saturated rings. The van der Waals surface area contributed by atoms with Crippen LogP contribution in [0.15, 0.2) is 55.0 Å². The van der Waals surface area contributed by atoms with Crippen molar-refractivity contribution >= 4 is 17.6 Å². The van der Waals surface area contributed by atoms with Crippen LogP contribution in [0.4, 0.5) is 4.79 Å². The van der Waals surface area contributed by atoms with Crippen molar-refractivity contribution in [2.45, 2.75) is 45.3 Å². The molecule has 1 aliphatic rings. The van der Waals surface area contributed by atoms with E-state index in [1.165, 1.54) is 0 Å². The van der Waals surface area contributed by atoms with Crippen molar-refractivity contribution in [2.24, 2.45) is 0 Å². The summed E-state index contributed by atoms with van der Waals surface area (Å²) >= 11 is 0. The second-order valence-corrected chi connectivity index (χ2v) is 8.94. The van der Waals surface area contributed by atoms with Gasteiger partial charge < -0.3 is 19.4 Å². The molecule has 0 radical (unpaired) electrons. The molecule has 7 nitrogen and oxygen atoms in total. The molecule has 162 valence electrons. The molecule has 2 amide bonds. The lowest BCUT2D eigenvalue weighted by Crippen LogP contribution is -2.35. The van der Waals surface area contributed by atoms with Gasteiger partial charge >= 0.3 is 6.09 Å². The Morgan fingerprint density at radius 3 is 2.68 bits per heavy atom. The monoisotopic (exact) mass is 420 g/mol.